The van der Waals surface area contributed by atoms with Crippen LogP contribution in [0.1, 0.15) is 33.6 Å². The molecule has 1 aliphatic heterocycles. The number of nitrogens with zero attached hydrogens (tertiary/aromatic N) is 1. The number of amides is 2. The normalized spacial score (nSPS) is 13.7. The van der Waals surface area contributed by atoms with E-state index in [9.17, 15) is 14.4 Å². The number of rotatable bonds is 4. The fourth-order valence-corrected chi connectivity index (χ4v) is 1.74. The van der Waals surface area contributed by atoms with Crippen molar-refractivity contribution in [2.45, 2.75) is 12.8 Å². The Balaban J connectivity index is 2.11. The van der Waals surface area contributed by atoms with Crippen molar-refractivity contribution in [3.8, 4) is 0 Å². The molecule has 0 atom stereocenters. The van der Waals surface area contributed by atoms with Gasteiger partial charge in [-0.3, -0.25) is 9.59 Å². The fraction of sp³-hybridized carbons (Fsp3) is 0.250. The van der Waals surface area contributed by atoms with Crippen LogP contribution >= 0.6 is 11.6 Å². The molecule has 0 radical (unpaired) electrons. The summed E-state index contributed by atoms with van der Waals surface area (Å²) in [5, 5.41) is 0.501. The first-order chi connectivity index (χ1) is 8.65. The maximum atomic E-state index is 11.8. The molecule has 6 heteroatoms. The van der Waals surface area contributed by atoms with Crippen LogP contribution in [0.3, 0.4) is 0 Å². The molecule has 0 saturated heterocycles. The summed E-state index contributed by atoms with van der Waals surface area (Å²) in [6, 6.07) is 6.32. The molecule has 0 aromatic heterocycles. The topological polar surface area (TPSA) is 63.7 Å². The van der Waals surface area contributed by atoms with Crippen LogP contribution in [0.2, 0.25) is 0 Å². The lowest BCUT2D eigenvalue weighted by Gasteiger charge is -2.12. The molecular weight excluding hydrogens is 258 g/mol. The summed E-state index contributed by atoms with van der Waals surface area (Å²) >= 11 is 5.44. The molecule has 2 rings (SSSR count). The summed E-state index contributed by atoms with van der Waals surface area (Å²) in [6.45, 7) is 0. The Morgan fingerprint density at radius 1 is 1.17 bits per heavy atom. The van der Waals surface area contributed by atoms with Crippen molar-refractivity contribution in [1.29, 1.82) is 0 Å². The molecule has 0 saturated carbocycles. The minimum atomic E-state index is -0.648. The van der Waals surface area contributed by atoms with Gasteiger partial charge >= 0.3 is 5.97 Å². The molecule has 0 spiro atoms. The molecule has 2 amide bonds. The van der Waals surface area contributed by atoms with E-state index in [1.165, 1.54) is 12.1 Å². The number of hydroxylamine groups is 2. The second-order valence-corrected chi connectivity index (χ2v) is 4.08. The van der Waals surface area contributed by atoms with Crippen molar-refractivity contribution in [3.63, 3.8) is 0 Å². The Morgan fingerprint density at radius 3 is 2.22 bits per heavy atom. The van der Waals surface area contributed by atoms with E-state index in [2.05, 4.69) is 0 Å². The van der Waals surface area contributed by atoms with E-state index in [4.69, 9.17) is 16.4 Å². The first-order valence-corrected chi connectivity index (χ1v) is 5.93. The SMILES string of the molecule is O=C(CCCCl)ON1C(=O)c2ccccc2C1=O. The van der Waals surface area contributed by atoms with Crippen molar-refractivity contribution in [3.05, 3.63) is 35.4 Å². The summed E-state index contributed by atoms with van der Waals surface area (Å²) < 4.78 is 0. The Labute approximate surface area is 108 Å². The van der Waals surface area contributed by atoms with Gasteiger partial charge in [0.2, 0.25) is 0 Å². The zero-order valence-electron chi connectivity index (χ0n) is 9.39. The van der Waals surface area contributed by atoms with Gasteiger partial charge in [0, 0.05) is 12.3 Å². The first-order valence-electron chi connectivity index (χ1n) is 5.39. The van der Waals surface area contributed by atoms with Crippen molar-refractivity contribution in [2.24, 2.45) is 0 Å². The molecule has 1 heterocycles. The lowest BCUT2D eigenvalue weighted by molar-refractivity contribution is -0.168. The minimum absolute atomic E-state index is 0.0664. The van der Waals surface area contributed by atoms with Gasteiger partial charge in [-0.1, -0.05) is 17.2 Å². The molecule has 0 bridgehead atoms. The van der Waals surface area contributed by atoms with Crippen LogP contribution in [0.5, 0.6) is 0 Å². The van der Waals surface area contributed by atoms with Crippen molar-refractivity contribution >= 4 is 29.4 Å². The molecule has 5 nitrogen and oxygen atoms in total. The number of carbonyl (C=O) groups is 3. The predicted octanol–water partition coefficient (Wildman–Crippen LogP) is 1.76. The highest BCUT2D eigenvalue weighted by molar-refractivity contribution is 6.21. The first kappa shape index (κ1) is 12.6. The third-order valence-corrected chi connectivity index (χ3v) is 2.73. The van der Waals surface area contributed by atoms with Crippen molar-refractivity contribution < 1.29 is 19.2 Å². The largest absolute Gasteiger partial charge is 0.333 e. The predicted molar refractivity (Wildman–Crippen MR) is 63.0 cm³/mol. The van der Waals surface area contributed by atoms with Crippen LogP contribution in [-0.4, -0.2) is 28.7 Å². The summed E-state index contributed by atoms with van der Waals surface area (Å²) in [6.07, 6.45) is 0.500. The molecule has 1 aliphatic rings. The summed E-state index contributed by atoms with van der Waals surface area (Å²) in [5.74, 6) is -1.56. The van der Waals surface area contributed by atoms with Crippen molar-refractivity contribution in [1.82, 2.24) is 5.06 Å². The Hall–Kier alpha value is -1.88. The Morgan fingerprint density at radius 2 is 1.72 bits per heavy atom. The number of fused-ring (bicyclic) bond motifs is 1. The Kier molecular flexibility index (Phi) is 3.62. The fourth-order valence-electron chi connectivity index (χ4n) is 1.61. The van der Waals surface area contributed by atoms with E-state index in [1.54, 1.807) is 12.1 Å². The van der Waals surface area contributed by atoms with Crippen LogP contribution in [0.25, 0.3) is 0 Å². The van der Waals surface area contributed by atoms with Gasteiger partial charge in [0.25, 0.3) is 11.8 Å². The van der Waals surface area contributed by atoms with Gasteiger partial charge in [-0.15, -0.1) is 11.6 Å². The second-order valence-electron chi connectivity index (χ2n) is 3.71. The molecule has 18 heavy (non-hydrogen) atoms. The highest BCUT2D eigenvalue weighted by Crippen LogP contribution is 2.22. The van der Waals surface area contributed by atoms with Gasteiger partial charge in [-0.25, -0.2) is 4.79 Å². The van der Waals surface area contributed by atoms with Gasteiger partial charge < -0.3 is 4.84 Å². The van der Waals surface area contributed by atoms with Gasteiger partial charge in [0.15, 0.2) is 0 Å². The van der Waals surface area contributed by atoms with E-state index in [0.717, 1.165) is 0 Å². The molecule has 0 N–H and O–H groups in total. The number of benzene rings is 1. The lowest BCUT2D eigenvalue weighted by Crippen LogP contribution is -2.32. The Bertz CT molecular complexity index is 480. The lowest BCUT2D eigenvalue weighted by atomic mass is 10.1. The van der Waals surface area contributed by atoms with Crippen LogP contribution in [0.15, 0.2) is 24.3 Å². The number of carbonyl (C=O) groups excluding carboxylic acids is 3. The van der Waals surface area contributed by atoms with E-state index >= 15 is 0 Å². The second kappa shape index (κ2) is 5.18. The zero-order chi connectivity index (χ0) is 13.1. The summed E-state index contributed by atoms with van der Waals surface area (Å²) in [5.41, 5.74) is 0.486. The molecule has 1 aromatic carbocycles. The molecular formula is C12H10ClNO4. The van der Waals surface area contributed by atoms with E-state index in [1.807, 2.05) is 0 Å². The smallest absolute Gasteiger partial charge is 0.330 e. The summed E-state index contributed by atoms with van der Waals surface area (Å²) in [7, 11) is 0. The van der Waals surface area contributed by atoms with Crippen LogP contribution in [0, 0.1) is 0 Å². The number of hydrogen-bond acceptors (Lipinski definition) is 4. The van der Waals surface area contributed by atoms with Gasteiger partial charge in [0.1, 0.15) is 0 Å². The molecule has 0 aliphatic carbocycles. The number of halogens is 1. The number of hydrogen-bond donors (Lipinski definition) is 0. The highest BCUT2D eigenvalue weighted by atomic mass is 35.5. The number of imide groups is 1. The molecule has 1 aromatic rings. The highest BCUT2D eigenvalue weighted by Gasteiger charge is 2.38. The van der Waals surface area contributed by atoms with Gasteiger partial charge in [-0.05, 0) is 18.6 Å². The third-order valence-electron chi connectivity index (χ3n) is 2.46. The average Bonchev–Trinajstić information content (AvgIpc) is 2.62. The standard InChI is InChI=1S/C12H10ClNO4/c13-7-3-6-10(15)18-14-11(16)8-4-1-2-5-9(8)12(14)17/h1-2,4-5H,3,6-7H2. The van der Waals surface area contributed by atoms with E-state index in [-0.39, 0.29) is 17.5 Å². The third kappa shape index (κ3) is 2.22. The average molecular weight is 268 g/mol. The van der Waals surface area contributed by atoms with Crippen LogP contribution < -0.4 is 0 Å². The van der Waals surface area contributed by atoms with Crippen LogP contribution in [0.4, 0.5) is 0 Å². The molecule has 0 unspecified atom stereocenters. The van der Waals surface area contributed by atoms with Gasteiger partial charge in [-0.2, -0.15) is 0 Å². The molecule has 94 valence electrons. The molecule has 0 fully saturated rings. The summed E-state index contributed by atoms with van der Waals surface area (Å²) in [4.78, 5) is 39.8. The maximum Gasteiger partial charge on any atom is 0.333 e. The monoisotopic (exact) mass is 267 g/mol. The minimum Gasteiger partial charge on any atom is -0.330 e. The maximum absolute atomic E-state index is 11.8. The van der Waals surface area contributed by atoms with Crippen molar-refractivity contribution in [2.75, 3.05) is 5.88 Å². The van der Waals surface area contributed by atoms with Crippen LogP contribution in [-0.2, 0) is 9.63 Å². The zero-order valence-corrected chi connectivity index (χ0v) is 10.1. The van der Waals surface area contributed by atoms with Gasteiger partial charge in [0.05, 0.1) is 11.1 Å². The quantitative estimate of drug-likeness (QED) is 0.616. The van der Waals surface area contributed by atoms with E-state index in [0.29, 0.717) is 17.4 Å². The van der Waals surface area contributed by atoms with E-state index < -0.39 is 17.8 Å². The number of alkyl halides is 1.